The van der Waals surface area contributed by atoms with Gasteiger partial charge in [0, 0.05) is 10.2 Å². The van der Waals surface area contributed by atoms with E-state index in [9.17, 15) is 8.42 Å². The zero-order valence-electron chi connectivity index (χ0n) is 11.8. The van der Waals surface area contributed by atoms with E-state index in [4.69, 9.17) is 4.74 Å². The van der Waals surface area contributed by atoms with E-state index in [2.05, 4.69) is 20.7 Å². The predicted molar refractivity (Wildman–Crippen MR) is 87.3 cm³/mol. The Kier molecular flexibility index (Phi) is 4.90. The summed E-state index contributed by atoms with van der Waals surface area (Å²) in [6.07, 6.45) is 0.843. The Morgan fingerprint density at radius 2 is 1.95 bits per heavy atom. The number of ether oxygens (including phenoxy) is 1. The fraction of sp³-hybridized carbons (Fsp3) is 0.200. The lowest BCUT2D eigenvalue weighted by atomic mass is 10.1. The average molecular weight is 370 g/mol. The van der Waals surface area contributed by atoms with Crippen molar-refractivity contribution in [2.24, 2.45) is 0 Å². The highest BCUT2D eigenvalue weighted by atomic mass is 79.9. The van der Waals surface area contributed by atoms with Crippen LogP contribution in [-0.2, 0) is 16.4 Å². The normalized spacial score (nSPS) is 11.2. The van der Waals surface area contributed by atoms with Crippen molar-refractivity contribution >= 4 is 31.6 Å². The lowest BCUT2D eigenvalue weighted by molar-refractivity contribution is 0.403. The van der Waals surface area contributed by atoms with Crippen LogP contribution >= 0.6 is 15.9 Å². The number of sulfonamides is 1. The summed E-state index contributed by atoms with van der Waals surface area (Å²) in [6, 6.07) is 12.2. The van der Waals surface area contributed by atoms with E-state index in [1.54, 1.807) is 18.2 Å². The molecule has 0 aliphatic rings. The summed E-state index contributed by atoms with van der Waals surface area (Å²) in [5.74, 6) is 0.303. The molecule has 0 amide bonds. The SMILES string of the molecule is CCc1cccc(NS(=O)(=O)c2cc(Br)ccc2OC)c1. The highest BCUT2D eigenvalue weighted by Gasteiger charge is 2.20. The first-order valence-electron chi connectivity index (χ1n) is 6.41. The van der Waals surface area contributed by atoms with Crippen molar-refractivity contribution in [2.75, 3.05) is 11.8 Å². The summed E-state index contributed by atoms with van der Waals surface area (Å²) >= 11 is 3.28. The number of anilines is 1. The molecule has 0 saturated heterocycles. The second-order valence-electron chi connectivity index (χ2n) is 4.45. The van der Waals surface area contributed by atoms with Gasteiger partial charge in [0.15, 0.2) is 0 Å². The highest BCUT2D eigenvalue weighted by molar-refractivity contribution is 9.10. The van der Waals surface area contributed by atoms with Crippen LogP contribution in [0.25, 0.3) is 0 Å². The maximum Gasteiger partial charge on any atom is 0.265 e. The van der Waals surface area contributed by atoms with Crippen LogP contribution in [0.4, 0.5) is 5.69 Å². The van der Waals surface area contributed by atoms with Crippen LogP contribution in [0.3, 0.4) is 0 Å². The minimum Gasteiger partial charge on any atom is -0.495 e. The van der Waals surface area contributed by atoms with E-state index in [-0.39, 0.29) is 4.90 Å². The van der Waals surface area contributed by atoms with Gasteiger partial charge in [-0.1, -0.05) is 35.0 Å². The third-order valence-corrected chi connectivity index (χ3v) is 4.90. The van der Waals surface area contributed by atoms with E-state index in [1.165, 1.54) is 13.2 Å². The van der Waals surface area contributed by atoms with Gasteiger partial charge < -0.3 is 4.74 Å². The molecule has 1 N–H and O–H groups in total. The zero-order chi connectivity index (χ0) is 15.5. The standard InChI is InChI=1S/C15H16BrNO3S/c1-3-11-5-4-6-13(9-11)17-21(18,19)15-10-12(16)7-8-14(15)20-2/h4-10,17H,3H2,1-2H3. The molecule has 21 heavy (non-hydrogen) atoms. The molecule has 0 bridgehead atoms. The molecular weight excluding hydrogens is 354 g/mol. The Labute approximate surface area is 133 Å². The summed E-state index contributed by atoms with van der Waals surface area (Å²) in [5.41, 5.74) is 1.60. The molecule has 0 aliphatic heterocycles. The van der Waals surface area contributed by atoms with Crippen LogP contribution in [0, 0.1) is 0 Å². The molecule has 0 fully saturated rings. The van der Waals surface area contributed by atoms with Gasteiger partial charge in [-0.15, -0.1) is 0 Å². The predicted octanol–water partition coefficient (Wildman–Crippen LogP) is 3.82. The Balaban J connectivity index is 2.40. The van der Waals surface area contributed by atoms with E-state index in [0.29, 0.717) is 15.9 Å². The van der Waals surface area contributed by atoms with Gasteiger partial charge in [0.2, 0.25) is 0 Å². The molecule has 0 spiro atoms. The molecule has 6 heteroatoms. The molecule has 2 aromatic rings. The van der Waals surface area contributed by atoms with Crippen LogP contribution in [0.15, 0.2) is 51.8 Å². The van der Waals surface area contributed by atoms with Crippen LogP contribution < -0.4 is 9.46 Å². The minimum absolute atomic E-state index is 0.0984. The van der Waals surface area contributed by atoms with Crippen molar-refractivity contribution in [1.29, 1.82) is 0 Å². The molecule has 0 aliphatic carbocycles. The monoisotopic (exact) mass is 369 g/mol. The Bertz CT molecular complexity index is 744. The van der Waals surface area contributed by atoms with Crippen molar-refractivity contribution < 1.29 is 13.2 Å². The second kappa shape index (κ2) is 6.49. The molecule has 0 saturated carbocycles. The molecule has 0 heterocycles. The number of aryl methyl sites for hydroxylation is 1. The molecule has 0 atom stereocenters. The summed E-state index contributed by atoms with van der Waals surface area (Å²) < 4.78 is 33.4. The minimum atomic E-state index is -3.71. The van der Waals surface area contributed by atoms with E-state index < -0.39 is 10.0 Å². The number of rotatable bonds is 5. The number of hydrogen-bond acceptors (Lipinski definition) is 3. The zero-order valence-corrected chi connectivity index (χ0v) is 14.2. The molecule has 112 valence electrons. The molecule has 2 rings (SSSR count). The van der Waals surface area contributed by atoms with Crippen LogP contribution in [0.2, 0.25) is 0 Å². The first-order chi connectivity index (χ1) is 9.96. The first-order valence-corrected chi connectivity index (χ1v) is 8.69. The number of methoxy groups -OCH3 is 1. The maximum absolute atomic E-state index is 12.5. The number of nitrogens with one attached hydrogen (secondary N) is 1. The van der Waals surface area contributed by atoms with Crippen molar-refractivity contribution in [3.63, 3.8) is 0 Å². The fourth-order valence-corrected chi connectivity index (χ4v) is 3.68. The van der Waals surface area contributed by atoms with Gasteiger partial charge >= 0.3 is 0 Å². The summed E-state index contributed by atoms with van der Waals surface area (Å²) in [4.78, 5) is 0.0984. The van der Waals surface area contributed by atoms with Gasteiger partial charge in [-0.2, -0.15) is 0 Å². The summed E-state index contributed by atoms with van der Waals surface area (Å²) in [5, 5.41) is 0. The molecule has 0 aromatic heterocycles. The third-order valence-electron chi connectivity index (χ3n) is 3.00. The van der Waals surface area contributed by atoms with Crippen LogP contribution in [0.5, 0.6) is 5.75 Å². The Morgan fingerprint density at radius 3 is 2.62 bits per heavy atom. The largest absolute Gasteiger partial charge is 0.495 e. The molecule has 2 aromatic carbocycles. The van der Waals surface area contributed by atoms with Gasteiger partial charge in [-0.3, -0.25) is 4.72 Å². The molecular formula is C15H16BrNO3S. The van der Waals surface area contributed by atoms with Crippen molar-refractivity contribution in [1.82, 2.24) is 0 Å². The van der Waals surface area contributed by atoms with Crippen LogP contribution in [0.1, 0.15) is 12.5 Å². The van der Waals surface area contributed by atoms with Gasteiger partial charge in [-0.05, 0) is 42.3 Å². The first kappa shape index (κ1) is 15.9. The van der Waals surface area contributed by atoms with Gasteiger partial charge in [0.25, 0.3) is 10.0 Å². The molecule has 0 unspecified atom stereocenters. The Hall–Kier alpha value is -1.53. The van der Waals surface area contributed by atoms with Crippen molar-refractivity contribution in [3.8, 4) is 5.75 Å². The fourth-order valence-electron chi connectivity index (χ4n) is 1.93. The van der Waals surface area contributed by atoms with Crippen molar-refractivity contribution in [2.45, 2.75) is 18.2 Å². The molecule has 4 nitrogen and oxygen atoms in total. The van der Waals surface area contributed by atoms with Gasteiger partial charge in [-0.25, -0.2) is 8.42 Å². The highest BCUT2D eigenvalue weighted by Crippen LogP contribution is 2.29. The van der Waals surface area contributed by atoms with Crippen LogP contribution in [-0.4, -0.2) is 15.5 Å². The lowest BCUT2D eigenvalue weighted by Gasteiger charge is -2.12. The van der Waals surface area contributed by atoms with Gasteiger partial charge in [0.1, 0.15) is 10.6 Å². The van der Waals surface area contributed by atoms with E-state index in [1.807, 2.05) is 25.1 Å². The quantitative estimate of drug-likeness (QED) is 0.871. The van der Waals surface area contributed by atoms with E-state index in [0.717, 1.165) is 12.0 Å². The summed E-state index contributed by atoms with van der Waals surface area (Å²) in [7, 11) is -2.26. The summed E-state index contributed by atoms with van der Waals surface area (Å²) in [6.45, 7) is 2.02. The number of halogens is 1. The smallest absolute Gasteiger partial charge is 0.265 e. The lowest BCUT2D eigenvalue weighted by Crippen LogP contribution is -2.14. The Morgan fingerprint density at radius 1 is 1.19 bits per heavy atom. The third kappa shape index (κ3) is 3.77. The second-order valence-corrected chi connectivity index (χ2v) is 7.02. The number of benzene rings is 2. The van der Waals surface area contributed by atoms with Crippen molar-refractivity contribution in [3.05, 3.63) is 52.5 Å². The molecule has 0 radical (unpaired) electrons. The maximum atomic E-state index is 12.5. The van der Waals surface area contributed by atoms with Gasteiger partial charge in [0.05, 0.1) is 7.11 Å². The topological polar surface area (TPSA) is 55.4 Å². The number of hydrogen-bond donors (Lipinski definition) is 1. The van der Waals surface area contributed by atoms with E-state index >= 15 is 0 Å². The average Bonchev–Trinajstić information content (AvgIpc) is 2.47.